The van der Waals surface area contributed by atoms with E-state index in [0.29, 0.717) is 23.8 Å². The van der Waals surface area contributed by atoms with E-state index in [2.05, 4.69) is 4.90 Å². The van der Waals surface area contributed by atoms with Gasteiger partial charge in [-0.2, -0.15) is 0 Å². The summed E-state index contributed by atoms with van der Waals surface area (Å²) in [4.78, 5) is 17.2. The van der Waals surface area contributed by atoms with Gasteiger partial charge in [-0.1, -0.05) is 0 Å². The number of carbonyl (C=O) groups excluding carboxylic acids is 1. The number of piperidine rings is 1. The normalized spacial score (nSPS) is 25.9. The van der Waals surface area contributed by atoms with Gasteiger partial charge in [-0.15, -0.1) is 0 Å². The van der Waals surface area contributed by atoms with Crippen LogP contribution in [0.15, 0.2) is 10.5 Å². The fraction of sp³-hybridized carbons (Fsp3) is 0.722. The Morgan fingerprint density at radius 3 is 2.58 bits per heavy atom. The number of aliphatic hydroxyl groups excluding tert-OH is 1. The summed E-state index contributed by atoms with van der Waals surface area (Å²) in [7, 11) is 0. The van der Waals surface area contributed by atoms with E-state index in [-0.39, 0.29) is 18.4 Å². The zero-order chi connectivity index (χ0) is 17.1. The Morgan fingerprint density at radius 2 is 1.96 bits per heavy atom. The molecule has 1 N–H and O–H groups in total. The number of morpholine rings is 1. The molecule has 3 rings (SSSR count). The first kappa shape index (κ1) is 17.5. The largest absolute Gasteiger partial charge is 0.466 e. The highest BCUT2D eigenvalue weighted by Crippen LogP contribution is 2.26. The minimum atomic E-state index is 0.0227. The molecule has 0 aliphatic carbocycles. The van der Waals surface area contributed by atoms with Crippen LogP contribution in [-0.4, -0.2) is 73.4 Å². The molecule has 24 heavy (non-hydrogen) atoms. The van der Waals surface area contributed by atoms with Crippen molar-refractivity contribution in [3.8, 4) is 0 Å². The van der Waals surface area contributed by atoms with Crippen molar-refractivity contribution >= 4 is 5.91 Å². The molecule has 2 aliphatic rings. The van der Waals surface area contributed by atoms with Gasteiger partial charge in [0.05, 0.1) is 18.8 Å². The summed E-state index contributed by atoms with van der Waals surface area (Å²) in [5, 5.41) is 9.65. The molecule has 6 nitrogen and oxygen atoms in total. The smallest absolute Gasteiger partial charge is 0.257 e. The fourth-order valence-electron chi connectivity index (χ4n) is 3.91. The minimum absolute atomic E-state index is 0.0227. The predicted octanol–water partition coefficient (Wildman–Crippen LogP) is 1.30. The van der Waals surface area contributed by atoms with Crippen LogP contribution in [0.2, 0.25) is 0 Å². The second-order valence-corrected chi connectivity index (χ2v) is 7.10. The third-order valence-corrected chi connectivity index (χ3v) is 5.06. The number of ether oxygens (including phenoxy) is 1. The number of nitrogens with zero attached hydrogens (tertiary/aromatic N) is 2. The molecule has 2 aliphatic heterocycles. The van der Waals surface area contributed by atoms with E-state index in [0.717, 1.165) is 51.6 Å². The van der Waals surface area contributed by atoms with Gasteiger partial charge in [-0.25, -0.2) is 0 Å². The Balaban J connectivity index is 1.68. The zero-order valence-electron chi connectivity index (χ0n) is 14.7. The highest BCUT2D eigenvalue weighted by Gasteiger charge is 2.32. The molecule has 1 aromatic heterocycles. The van der Waals surface area contributed by atoms with Gasteiger partial charge in [0.2, 0.25) is 0 Å². The zero-order valence-corrected chi connectivity index (χ0v) is 14.7. The summed E-state index contributed by atoms with van der Waals surface area (Å²) < 4.78 is 10.9. The van der Waals surface area contributed by atoms with Crippen molar-refractivity contribution in [1.82, 2.24) is 9.80 Å². The average molecular weight is 336 g/mol. The molecule has 2 fully saturated rings. The quantitative estimate of drug-likeness (QED) is 0.898. The lowest BCUT2D eigenvalue weighted by Crippen LogP contribution is -2.49. The van der Waals surface area contributed by atoms with Gasteiger partial charge in [0, 0.05) is 39.3 Å². The summed E-state index contributed by atoms with van der Waals surface area (Å²) in [5.74, 6) is 2.01. The third kappa shape index (κ3) is 3.99. The van der Waals surface area contributed by atoms with Crippen LogP contribution in [0.5, 0.6) is 0 Å². The van der Waals surface area contributed by atoms with Crippen molar-refractivity contribution < 1.29 is 19.1 Å². The van der Waals surface area contributed by atoms with Crippen molar-refractivity contribution in [2.45, 2.75) is 20.3 Å². The molecule has 3 heterocycles. The van der Waals surface area contributed by atoms with Gasteiger partial charge >= 0.3 is 0 Å². The molecule has 0 bridgehead atoms. The Hall–Kier alpha value is -1.37. The molecular formula is C18H28N2O4. The van der Waals surface area contributed by atoms with Crippen LogP contribution < -0.4 is 0 Å². The topological polar surface area (TPSA) is 66.2 Å². The van der Waals surface area contributed by atoms with Crippen LogP contribution in [0.3, 0.4) is 0 Å². The van der Waals surface area contributed by atoms with Gasteiger partial charge in [-0.05, 0) is 38.2 Å². The highest BCUT2D eigenvalue weighted by molar-refractivity contribution is 5.95. The average Bonchev–Trinajstić information content (AvgIpc) is 2.93. The first-order valence-corrected chi connectivity index (χ1v) is 8.84. The SMILES string of the molecule is Cc1cc(C(=O)N2CC(CO)CC(CN3CCOCC3)C2)c(C)o1. The first-order chi connectivity index (χ1) is 11.6. The van der Waals surface area contributed by atoms with Gasteiger partial charge in [0.25, 0.3) is 5.91 Å². The molecule has 1 aromatic rings. The first-order valence-electron chi connectivity index (χ1n) is 8.84. The van der Waals surface area contributed by atoms with Crippen molar-refractivity contribution in [3.63, 3.8) is 0 Å². The van der Waals surface area contributed by atoms with Gasteiger partial charge in [0.15, 0.2) is 0 Å². The second kappa shape index (κ2) is 7.68. The molecule has 1 amide bonds. The van der Waals surface area contributed by atoms with Crippen LogP contribution in [-0.2, 0) is 4.74 Å². The molecule has 2 saturated heterocycles. The molecule has 0 radical (unpaired) electrons. The Bertz CT molecular complexity index is 565. The summed E-state index contributed by atoms with van der Waals surface area (Å²) in [6.45, 7) is 9.63. The van der Waals surface area contributed by atoms with E-state index < -0.39 is 0 Å². The number of hydrogen-bond donors (Lipinski definition) is 1. The maximum Gasteiger partial charge on any atom is 0.257 e. The number of aliphatic hydroxyl groups is 1. The van der Waals surface area contributed by atoms with Crippen LogP contribution in [0, 0.1) is 25.7 Å². The van der Waals surface area contributed by atoms with Crippen molar-refractivity contribution in [1.29, 1.82) is 0 Å². The molecule has 0 saturated carbocycles. The number of furan rings is 1. The molecular weight excluding hydrogens is 308 g/mol. The molecule has 2 atom stereocenters. The Morgan fingerprint density at radius 1 is 1.25 bits per heavy atom. The standard InChI is InChI=1S/C18H28N2O4/c1-13-7-17(14(2)24-13)18(22)20-10-15(8-16(11-20)12-21)9-19-3-5-23-6-4-19/h7,15-16,21H,3-6,8-12H2,1-2H3. The number of aryl methyl sites for hydroxylation is 2. The van der Waals surface area contributed by atoms with E-state index >= 15 is 0 Å². The number of rotatable bonds is 4. The van der Waals surface area contributed by atoms with Crippen LogP contribution in [0.25, 0.3) is 0 Å². The van der Waals surface area contributed by atoms with E-state index in [1.165, 1.54) is 0 Å². The lowest BCUT2D eigenvalue weighted by molar-refractivity contribution is 0.0130. The lowest BCUT2D eigenvalue weighted by Gasteiger charge is -2.40. The molecule has 0 aromatic carbocycles. The molecule has 134 valence electrons. The lowest BCUT2D eigenvalue weighted by atomic mass is 9.88. The Labute approximate surface area is 143 Å². The molecule has 6 heteroatoms. The van der Waals surface area contributed by atoms with Gasteiger partial charge in [-0.3, -0.25) is 9.69 Å². The fourth-order valence-corrected chi connectivity index (χ4v) is 3.91. The monoisotopic (exact) mass is 336 g/mol. The van der Waals surface area contributed by atoms with E-state index in [1.807, 2.05) is 24.8 Å². The molecule has 2 unspecified atom stereocenters. The number of carbonyl (C=O) groups is 1. The number of hydrogen-bond acceptors (Lipinski definition) is 5. The van der Waals surface area contributed by atoms with Crippen LogP contribution in [0.1, 0.15) is 28.3 Å². The summed E-state index contributed by atoms with van der Waals surface area (Å²) >= 11 is 0. The van der Waals surface area contributed by atoms with Crippen molar-refractivity contribution in [2.75, 3.05) is 52.5 Å². The van der Waals surface area contributed by atoms with E-state index in [4.69, 9.17) is 9.15 Å². The number of amides is 1. The Kier molecular flexibility index (Phi) is 5.58. The molecule has 0 spiro atoms. The highest BCUT2D eigenvalue weighted by atomic mass is 16.5. The van der Waals surface area contributed by atoms with E-state index in [1.54, 1.807) is 0 Å². The van der Waals surface area contributed by atoms with Crippen LogP contribution in [0.4, 0.5) is 0 Å². The van der Waals surface area contributed by atoms with Gasteiger partial charge < -0.3 is 19.2 Å². The van der Waals surface area contributed by atoms with Gasteiger partial charge in [0.1, 0.15) is 11.5 Å². The summed E-state index contributed by atoms with van der Waals surface area (Å²) in [6.07, 6.45) is 0.973. The van der Waals surface area contributed by atoms with Crippen LogP contribution >= 0.6 is 0 Å². The predicted molar refractivity (Wildman–Crippen MR) is 90.0 cm³/mol. The second-order valence-electron chi connectivity index (χ2n) is 7.10. The minimum Gasteiger partial charge on any atom is -0.466 e. The maximum atomic E-state index is 12.9. The number of likely N-dealkylation sites (tertiary alicyclic amines) is 1. The maximum absolute atomic E-state index is 12.9. The third-order valence-electron chi connectivity index (χ3n) is 5.06. The van der Waals surface area contributed by atoms with Crippen molar-refractivity contribution in [2.24, 2.45) is 11.8 Å². The summed E-state index contributed by atoms with van der Waals surface area (Å²) in [5.41, 5.74) is 0.649. The summed E-state index contributed by atoms with van der Waals surface area (Å²) in [6, 6.07) is 1.82. The van der Waals surface area contributed by atoms with E-state index in [9.17, 15) is 9.90 Å². The van der Waals surface area contributed by atoms with Crippen molar-refractivity contribution in [3.05, 3.63) is 23.2 Å².